The average molecular weight is 333 g/mol. The highest BCUT2D eigenvalue weighted by Gasteiger charge is 2.13. The van der Waals surface area contributed by atoms with Gasteiger partial charge in [0.1, 0.15) is 5.82 Å². The van der Waals surface area contributed by atoms with Crippen LogP contribution in [0.3, 0.4) is 0 Å². The fourth-order valence-corrected chi connectivity index (χ4v) is 1.90. The number of halogens is 1. The molecule has 0 aliphatic rings. The largest absolute Gasteiger partial charge is 0.357 e. The third-order valence-corrected chi connectivity index (χ3v) is 2.86. The first-order chi connectivity index (χ1) is 11.2. The van der Waals surface area contributed by atoms with Crippen LogP contribution in [0.15, 0.2) is 23.2 Å². The van der Waals surface area contributed by atoms with E-state index >= 15 is 0 Å². The highest BCUT2D eigenvalue weighted by Crippen LogP contribution is 2.11. The van der Waals surface area contributed by atoms with Gasteiger partial charge in [0.25, 0.3) is 0 Å². The van der Waals surface area contributed by atoms with E-state index in [4.69, 9.17) is 5.26 Å². The van der Waals surface area contributed by atoms with Gasteiger partial charge in [0.15, 0.2) is 5.96 Å². The van der Waals surface area contributed by atoms with Crippen LogP contribution >= 0.6 is 0 Å². The molecule has 3 N–H and O–H groups in total. The lowest BCUT2D eigenvalue weighted by Gasteiger charge is -2.21. The van der Waals surface area contributed by atoms with Gasteiger partial charge >= 0.3 is 0 Å². The maximum Gasteiger partial charge on any atom is 0.239 e. The molecule has 0 fully saturated rings. The number of rotatable bonds is 5. The number of aliphatic imine (C=N–C) groups is 1. The second-order valence-corrected chi connectivity index (χ2v) is 6.26. The molecular weight excluding hydrogens is 309 g/mol. The highest BCUT2D eigenvalue weighted by molar-refractivity contribution is 5.86. The number of nitrogens with zero attached hydrogens (tertiary/aromatic N) is 2. The quantitative estimate of drug-likeness (QED) is 0.565. The lowest BCUT2D eigenvalue weighted by Crippen LogP contribution is -2.48. The van der Waals surface area contributed by atoms with Gasteiger partial charge < -0.3 is 16.0 Å². The molecule has 0 bridgehead atoms. The van der Waals surface area contributed by atoms with Crippen molar-refractivity contribution in [3.05, 3.63) is 35.1 Å². The van der Waals surface area contributed by atoms with Gasteiger partial charge in [0.05, 0.1) is 24.7 Å². The molecule has 7 heteroatoms. The molecule has 0 spiro atoms. The van der Waals surface area contributed by atoms with Crippen LogP contribution in [0, 0.1) is 17.1 Å². The number of carbonyl (C=O) groups excluding carboxylic acids is 1. The van der Waals surface area contributed by atoms with Gasteiger partial charge in [-0.25, -0.2) is 9.38 Å². The number of carbonyl (C=O) groups is 1. The van der Waals surface area contributed by atoms with Crippen LogP contribution in [0.2, 0.25) is 0 Å². The van der Waals surface area contributed by atoms with Crippen LogP contribution < -0.4 is 16.0 Å². The molecule has 1 amide bonds. The van der Waals surface area contributed by atoms with Crippen LogP contribution in [-0.4, -0.2) is 30.5 Å². The summed E-state index contributed by atoms with van der Waals surface area (Å²) in [6.45, 7) is 8.32. The van der Waals surface area contributed by atoms with Gasteiger partial charge in [-0.15, -0.1) is 0 Å². The topological polar surface area (TPSA) is 89.3 Å². The van der Waals surface area contributed by atoms with E-state index < -0.39 is 5.82 Å². The van der Waals surface area contributed by atoms with Crippen molar-refractivity contribution in [2.75, 3.05) is 13.1 Å². The van der Waals surface area contributed by atoms with Crippen LogP contribution in [0.1, 0.15) is 38.8 Å². The van der Waals surface area contributed by atoms with E-state index in [0.29, 0.717) is 23.6 Å². The minimum Gasteiger partial charge on any atom is -0.357 e. The molecule has 1 aromatic rings. The van der Waals surface area contributed by atoms with Gasteiger partial charge in [-0.05, 0) is 45.9 Å². The molecule has 130 valence electrons. The summed E-state index contributed by atoms with van der Waals surface area (Å²) in [7, 11) is 0. The van der Waals surface area contributed by atoms with Crippen LogP contribution in [0.4, 0.5) is 4.39 Å². The van der Waals surface area contributed by atoms with E-state index in [1.165, 1.54) is 18.2 Å². The molecule has 6 nitrogen and oxygen atoms in total. The zero-order chi connectivity index (χ0) is 18.2. The van der Waals surface area contributed by atoms with Crippen molar-refractivity contribution in [3.63, 3.8) is 0 Å². The number of nitrogens with one attached hydrogen (secondary N) is 3. The smallest absolute Gasteiger partial charge is 0.239 e. The number of hydrogen-bond donors (Lipinski definition) is 3. The van der Waals surface area contributed by atoms with E-state index in [9.17, 15) is 9.18 Å². The predicted octanol–water partition coefficient (Wildman–Crippen LogP) is 1.67. The molecule has 0 radical (unpaired) electrons. The molecule has 24 heavy (non-hydrogen) atoms. The first-order valence-corrected chi connectivity index (χ1v) is 7.77. The van der Waals surface area contributed by atoms with Gasteiger partial charge in [0, 0.05) is 17.6 Å². The summed E-state index contributed by atoms with van der Waals surface area (Å²) in [5, 5.41) is 17.6. The van der Waals surface area contributed by atoms with Gasteiger partial charge in [-0.3, -0.25) is 4.79 Å². The predicted molar refractivity (Wildman–Crippen MR) is 91.8 cm³/mol. The molecule has 0 atom stereocenters. The van der Waals surface area contributed by atoms with Crippen molar-refractivity contribution in [3.8, 4) is 6.07 Å². The van der Waals surface area contributed by atoms with E-state index in [1.54, 1.807) is 0 Å². The average Bonchev–Trinajstić information content (AvgIpc) is 2.49. The summed E-state index contributed by atoms with van der Waals surface area (Å²) < 4.78 is 13.8. The van der Waals surface area contributed by atoms with Gasteiger partial charge in [0.2, 0.25) is 5.91 Å². The zero-order valence-electron chi connectivity index (χ0n) is 14.5. The standard InChI is InChI=1S/C17H24FN5O/c1-5-20-16(22-11-15(24)23-17(2,3)4)21-10-13-8-12(9-19)6-7-14(13)18/h6-8H,5,10-11H2,1-4H3,(H,23,24)(H2,20,21,22). The molecule has 0 aliphatic heterocycles. The molecule has 0 aromatic heterocycles. The number of hydrogen-bond acceptors (Lipinski definition) is 3. The van der Waals surface area contributed by atoms with E-state index in [1.807, 2.05) is 33.8 Å². The summed E-state index contributed by atoms with van der Waals surface area (Å²) in [6.07, 6.45) is 0. The summed E-state index contributed by atoms with van der Waals surface area (Å²) in [5.41, 5.74) is 0.393. The minimum atomic E-state index is -0.418. The third kappa shape index (κ3) is 7.09. The second kappa shape index (κ2) is 8.87. The minimum absolute atomic E-state index is 0.0593. The Morgan fingerprint density at radius 2 is 2.04 bits per heavy atom. The number of amides is 1. The first-order valence-electron chi connectivity index (χ1n) is 7.77. The van der Waals surface area contributed by atoms with Crippen molar-refractivity contribution in [1.82, 2.24) is 16.0 Å². The van der Waals surface area contributed by atoms with Crippen molar-refractivity contribution in [1.29, 1.82) is 5.26 Å². The highest BCUT2D eigenvalue weighted by atomic mass is 19.1. The molecule has 0 heterocycles. The van der Waals surface area contributed by atoms with Crippen LogP contribution in [0.5, 0.6) is 0 Å². The Bertz CT molecular complexity index is 643. The third-order valence-electron chi connectivity index (χ3n) is 2.86. The van der Waals surface area contributed by atoms with Crippen LogP contribution in [-0.2, 0) is 11.3 Å². The maximum atomic E-state index is 13.8. The Morgan fingerprint density at radius 3 is 2.62 bits per heavy atom. The number of guanidine groups is 1. The Labute approximate surface area is 142 Å². The normalized spacial score (nSPS) is 11.6. The lowest BCUT2D eigenvalue weighted by atomic mass is 10.1. The Kier molecular flexibility index (Phi) is 7.18. The lowest BCUT2D eigenvalue weighted by molar-refractivity contribution is -0.121. The van der Waals surface area contributed by atoms with Crippen molar-refractivity contribution in [2.45, 2.75) is 39.8 Å². The zero-order valence-corrected chi connectivity index (χ0v) is 14.5. The Hall–Kier alpha value is -2.62. The van der Waals surface area contributed by atoms with E-state index in [-0.39, 0.29) is 24.5 Å². The first kappa shape index (κ1) is 19.4. The summed E-state index contributed by atoms with van der Waals surface area (Å²) in [6, 6.07) is 6.11. The fourth-order valence-electron chi connectivity index (χ4n) is 1.90. The van der Waals surface area contributed by atoms with Crippen molar-refractivity contribution in [2.24, 2.45) is 4.99 Å². The maximum absolute atomic E-state index is 13.8. The molecular formula is C17H24FN5O. The summed E-state index contributed by atoms with van der Waals surface area (Å²) >= 11 is 0. The summed E-state index contributed by atoms with van der Waals surface area (Å²) in [5.74, 6) is -0.173. The van der Waals surface area contributed by atoms with E-state index in [2.05, 4.69) is 20.9 Å². The summed E-state index contributed by atoms with van der Waals surface area (Å²) in [4.78, 5) is 16.1. The SMILES string of the molecule is CCNC(=NCc1cc(C#N)ccc1F)NCC(=O)NC(C)(C)C. The Balaban J connectivity index is 2.73. The number of benzene rings is 1. The molecule has 1 rings (SSSR count). The van der Waals surface area contributed by atoms with Crippen molar-refractivity contribution >= 4 is 11.9 Å². The molecule has 0 unspecified atom stereocenters. The molecule has 1 aromatic carbocycles. The molecule has 0 saturated carbocycles. The molecule has 0 saturated heterocycles. The Morgan fingerprint density at radius 1 is 1.33 bits per heavy atom. The van der Waals surface area contributed by atoms with Crippen molar-refractivity contribution < 1.29 is 9.18 Å². The monoisotopic (exact) mass is 333 g/mol. The van der Waals surface area contributed by atoms with Gasteiger partial charge in [-0.1, -0.05) is 0 Å². The van der Waals surface area contributed by atoms with E-state index in [0.717, 1.165) is 0 Å². The van der Waals surface area contributed by atoms with Crippen LogP contribution in [0.25, 0.3) is 0 Å². The fraction of sp³-hybridized carbons (Fsp3) is 0.471. The van der Waals surface area contributed by atoms with Gasteiger partial charge in [-0.2, -0.15) is 5.26 Å². The second-order valence-electron chi connectivity index (χ2n) is 6.26. The molecule has 0 aliphatic carbocycles. The number of nitriles is 1.